The van der Waals surface area contributed by atoms with Crippen LogP contribution in [0.4, 0.5) is 11.4 Å². The first-order valence-corrected chi connectivity index (χ1v) is 5.86. The van der Waals surface area contributed by atoms with E-state index in [2.05, 4.69) is 60.0 Å². The van der Waals surface area contributed by atoms with Gasteiger partial charge in [0, 0.05) is 13.6 Å². The number of rotatable bonds is 4. The number of anilines is 2. The zero-order valence-electron chi connectivity index (χ0n) is 10.3. The van der Waals surface area contributed by atoms with E-state index < -0.39 is 0 Å². The zero-order valence-corrected chi connectivity index (χ0v) is 10.3. The summed E-state index contributed by atoms with van der Waals surface area (Å²) >= 11 is 0. The van der Waals surface area contributed by atoms with Crippen LogP contribution in [-0.2, 0) is 6.54 Å². The second-order valence-corrected chi connectivity index (χ2v) is 4.14. The Morgan fingerprint density at radius 3 is 2.41 bits per heavy atom. The van der Waals surface area contributed by atoms with Crippen molar-refractivity contribution in [2.24, 2.45) is 0 Å². The average Bonchev–Trinajstić information content (AvgIpc) is 2.38. The van der Waals surface area contributed by atoms with E-state index in [9.17, 15) is 0 Å². The maximum atomic E-state index is 3.46. The van der Waals surface area contributed by atoms with Gasteiger partial charge >= 0.3 is 0 Å². The topological polar surface area (TPSA) is 24.1 Å². The molecule has 0 radical (unpaired) electrons. The minimum Gasteiger partial charge on any atom is -0.386 e. The second-order valence-electron chi connectivity index (χ2n) is 4.14. The predicted molar refractivity (Wildman–Crippen MR) is 74.5 cm³/mol. The molecular weight excluding hydrogens is 208 g/mol. The van der Waals surface area contributed by atoms with Crippen LogP contribution in [0.3, 0.4) is 0 Å². The van der Waals surface area contributed by atoms with Crippen molar-refractivity contribution in [1.29, 1.82) is 0 Å². The Labute approximate surface area is 103 Å². The maximum absolute atomic E-state index is 3.46. The summed E-state index contributed by atoms with van der Waals surface area (Å²) in [5, 5.41) is 6.66. The van der Waals surface area contributed by atoms with Crippen LogP contribution in [-0.4, -0.2) is 7.05 Å². The molecule has 0 aliphatic carbocycles. The number of hydrogen-bond acceptors (Lipinski definition) is 2. The standard InChI is InChI=1S/C15H18N2/c1-12-8-9-14(16-2)15(10-12)17-11-13-6-4-3-5-7-13/h3-10,16-17H,11H2,1-2H3. The Balaban J connectivity index is 2.11. The number of hydrogen-bond donors (Lipinski definition) is 2. The normalized spacial score (nSPS) is 10.0. The molecule has 2 aromatic carbocycles. The first kappa shape index (κ1) is 11.5. The third-order valence-electron chi connectivity index (χ3n) is 2.77. The lowest BCUT2D eigenvalue weighted by Crippen LogP contribution is -2.02. The van der Waals surface area contributed by atoms with Crippen molar-refractivity contribution in [3.63, 3.8) is 0 Å². The molecule has 0 unspecified atom stereocenters. The Morgan fingerprint density at radius 2 is 1.71 bits per heavy atom. The Bertz CT molecular complexity index is 478. The quantitative estimate of drug-likeness (QED) is 0.831. The highest BCUT2D eigenvalue weighted by atomic mass is 14.9. The first-order valence-electron chi connectivity index (χ1n) is 5.86. The molecule has 2 rings (SSSR count). The molecule has 0 fully saturated rings. The van der Waals surface area contributed by atoms with Gasteiger partial charge in [-0.05, 0) is 30.2 Å². The molecule has 0 amide bonds. The molecule has 88 valence electrons. The van der Waals surface area contributed by atoms with Gasteiger partial charge in [-0.2, -0.15) is 0 Å². The molecule has 2 nitrogen and oxygen atoms in total. The number of benzene rings is 2. The van der Waals surface area contributed by atoms with E-state index in [-0.39, 0.29) is 0 Å². The minimum atomic E-state index is 0.846. The van der Waals surface area contributed by atoms with Crippen LogP contribution in [0.15, 0.2) is 48.5 Å². The van der Waals surface area contributed by atoms with Crippen molar-refractivity contribution in [2.45, 2.75) is 13.5 Å². The smallest absolute Gasteiger partial charge is 0.0581 e. The van der Waals surface area contributed by atoms with Gasteiger partial charge in [0.15, 0.2) is 0 Å². The monoisotopic (exact) mass is 226 g/mol. The molecule has 0 spiro atoms. The summed E-state index contributed by atoms with van der Waals surface area (Å²) in [5.74, 6) is 0. The molecule has 2 N–H and O–H groups in total. The van der Waals surface area contributed by atoms with Crippen LogP contribution in [0.1, 0.15) is 11.1 Å². The molecule has 0 aromatic heterocycles. The van der Waals surface area contributed by atoms with E-state index >= 15 is 0 Å². The van der Waals surface area contributed by atoms with Crippen molar-refractivity contribution in [3.8, 4) is 0 Å². The fourth-order valence-corrected chi connectivity index (χ4v) is 1.82. The molecule has 2 aromatic rings. The van der Waals surface area contributed by atoms with Crippen LogP contribution >= 0.6 is 0 Å². The summed E-state index contributed by atoms with van der Waals surface area (Å²) in [7, 11) is 1.94. The summed E-state index contributed by atoms with van der Waals surface area (Å²) in [5.41, 5.74) is 4.83. The number of aryl methyl sites for hydroxylation is 1. The van der Waals surface area contributed by atoms with Gasteiger partial charge in [-0.25, -0.2) is 0 Å². The van der Waals surface area contributed by atoms with E-state index in [0.717, 1.165) is 17.9 Å². The summed E-state index contributed by atoms with van der Waals surface area (Å²) in [6, 6.07) is 16.8. The van der Waals surface area contributed by atoms with Crippen LogP contribution in [0.2, 0.25) is 0 Å². The highest BCUT2D eigenvalue weighted by Crippen LogP contribution is 2.23. The van der Waals surface area contributed by atoms with Gasteiger partial charge in [0.2, 0.25) is 0 Å². The molecular formula is C15H18N2. The molecule has 17 heavy (non-hydrogen) atoms. The van der Waals surface area contributed by atoms with Crippen molar-refractivity contribution >= 4 is 11.4 Å². The van der Waals surface area contributed by atoms with E-state index in [1.807, 2.05) is 13.1 Å². The Hall–Kier alpha value is -1.96. The fraction of sp³-hybridized carbons (Fsp3) is 0.200. The van der Waals surface area contributed by atoms with Gasteiger partial charge in [0.25, 0.3) is 0 Å². The lowest BCUT2D eigenvalue weighted by Gasteiger charge is -2.12. The van der Waals surface area contributed by atoms with E-state index in [1.54, 1.807) is 0 Å². The van der Waals surface area contributed by atoms with Gasteiger partial charge in [-0.1, -0.05) is 36.4 Å². The lowest BCUT2D eigenvalue weighted by atomic mass is 10.1. The zero-order chi connectivity index (χ0) is 12.1. The maximum Gasteiger partial charge on any atom is 0.0581 e. The van der Waals surface area contributed by atoms with Crippen LogP contribution in [0.25, 0.3) is 0 Å². The van der Waals surface area contributed by atoms with Crippen molar-refractivity contribution < 1.29 is 0 Å². The highest BCUT2D eigenvalue weighted by molar-refractivity contribution is 5.69. The molecule has 0 aliphatic heterocycles. The molecule has 0 saturated heterocycles. The summed E-state index contributed by atoms with van der Waals surface area (Å²) < 4.78 is 0. The van der Waals surface area contributed by atoms with Crippen LogP contribution in [0.5, 0.6) is 0 Å². The second kappa shape index (κ2) is 5.39. The summed E-state index contributed by atoms with van der Waals surface area (Å²) in [6.45, 7) is 2.95. The number of nitrogens with one attached hydrogen (secondary N) is 2. The van der Waals surface area contributed by atoms with E-state index in [1.165, 1.54) is 11.1 Å². The van der Waals surface area contributed by atoms with Gasteiger partial charge < -0.3 is 10.6 Å². The van der Waals surface area contributed by atoms with Crippen molar-refractivity contribution in [1.82, 2.24) is 0 Å². The molecule has 0 saturated carbocycles. The lowest BCUT2D eigenvalue weighted by molar-refractivity contribution is 1.15. The van der Waals surface area contributed by atoms with Gasteiger partial charge in [0.1, 0.15) is 0 Å². The molecule has 0 bridgehead atoms. The van der Waals surface area contributed by atoms with Crippen molar-refractivity contribution in [3.05, 3.63) is 59.7 Å². The SMILES string of the molecule is CNc1ccc(C)cc1NCc1ccccc1. The molecule has 0 aliphatic rings. The van der Waals surface area contributed by atoms with Gasteiger partial charge in [-0.15, -0.1) is 0 Å². The largest absolute Gasteiger partial charge is 0.386 e. The van der Waals surface area contributed by atoms with Gasteiger partial charge in [0.05, 0.1) is 11.4 Å². The highest BCUT2D eigenvalue weighted by Gasteiger charge is 2.00. The third-order valence-corrected chi connectivity index (χ3v) is 2.77. The third kappa shape index (κ3) is 3.00. The fourth-order valence-electron chi connectivity index (χ4n) is 1.82. The first-order chi connectivity index (χ1) is 8.29. The van der Waals surface area contributed by atoms with Gasteiger partial charge in [-0.3, -0.25) is 0 Å². The van der Waals surface area contributed by atoms with Crippen LogP contribution < -0.4 is 10.6 Å². The summed E-state index contributed by atoms with van der Waals surface area (Å²) in [6.07, 6.45) is 0. The predicted octanol–water partition coefficient (Wildman–Crippen LogP) is 3.65. The minimum absolute atomic E-state index is 0.846. The molecule has 0 atom stereocenters. The van der Waals surface area contributed by atoms with E-state index in [0.29, 0.717) is 0 Å². The molecule has 2 heteroatoms. The van der Waals surface area contributed by atoms with Crippen molar-refractivity contribution in [2.75, 3.05) is 17.7 Å². The Morgan fingerprint density at radius 1 is 0.941 bits per heavy atom. The molecule has 0 heterocycles. The Kier molecular flexibility index (Phi) is 3.66. The van der Waals surface area contributed by atoms with Crippen LogP contribution in [0, 0.1) is 6.92 Å². The average molecular weight is 226 g/mol. The summed E-state index contributed by atoms with van der Waals surface area (Å²) in [4.78, 5) is 0. The van der Waals surface area contributed by atoms with E-state index in [4.69, 9.17) is 0 Å².